The first-order valence-electron chi connectivity index (χ1n) is 7.40. The SMILES string of the molecule is C=C1COC(OCc2ccccc2)C2(C=CCCC2)C1. The Morgan fingerprint density at radius 2 is 2.15 bits per heavy atom. The molecule has 1 spiro atoms. The number of allylic oxidation sites excluding steroid dienone is 1. The van der Waals surface area contributed by atoms with E-state index < -0.39 is 0 Å². The molecule has 1 aliphatic heterocycles. The van der Waals surface area contributed by atoms with E-state index in [1.54, 1.807) is 0 Å². The Morgan fingerprint density at radius 1 is 1.30 bits per heavy atom. The van der Waals surface area contributed by atoms with E-state index >= 15 is 0 Å². The molecular formula is C18H22O2. The van der Waals surface area contributed by atoms with Crippen LogP contribution in [0.4, 0.5) is 0 Å². The molecule has 20 heavy (non-hydrogen) atoms. The molecule has 1 saturated heterocycles. The lowest BCUT2D eigenvalue weighted by Gasteiger charge is -2.43. The second kappa shape index (κ2) is 5.94. The summed E-state index contributed by atoms with van der Waals surface area (Å²) in [5.74, 6) is 0. The molecule has 0 amide bonds. The van der Waals surface area contributed by atoms with Crippen molar-refractivity contribution in [2.75, 3.05) is 6.61 Å². The molecular weight excluding hydrogens is 248 g/mol. The second-order valence-corrected chi connectivity index (χ2v) is 5.89. The number of hydrogen-bond donors (Lipinski definition) is 0. The van der Waals surface area contributed by atoms with Gasteiger partial charge in [-0.05, 0) is 31.2 Å². The maximum Gasteiger partial charge on any atom is 0.167 e. The summed E-state index contributed by atoms with van der Waals surface area (Å²) in [5, 5.41) is 0. The fourth-order valence-electron chi connectivity index (χ4n) is 3.21. The Balaban J connectivity index is 1.71. The third kappa shape index (κ3) is 2.87. The molecule has 106 valence electrons. The zero-order chi connectivity index (χ0) is 13.8. The van der Waals surface area contributed by atoms with Crippen LogP contribution in [-0.2, 0) is 16.1 Å². The summed E-state index contributed by atoms with van der Waals surface area (Å²) in [4.78, 5) is 0. The first-order valence-corrected chi connectivity index (χ1v) is 7.40. The van der Waals surface area contributed by atoms with E-state index in [0.717, 1.165) is 12.8 Å². The van der Waals surface area contributed by atoms with E-state index in [4.69, 9.17) is 9.47 Å². The van der Waals surface area contributed by atoms with Crippen LogP contribution in [0.25, 0.3) is 0 Å². The second-order valence-electron chi connectivity index (χ2n) is 5.89. The van der Waals surface area contributed by atoms with Gasteiger partial charge in [-0.25, -0.2) is 0 Å². The highest BCUT2D eigenvalue weighted by Gasteiger charge is 2.42. The summed E-state index contributed by atoms with van der Waals surface area (Å²) in [6.45, 7) is 5.33. The molecule has 2 unspecified atom stereocenters. The van der Waals surface area contributed by atoms with E-state index in [0.29, 0.717) is 13.2 Å². The smallest absolute Gasteiger partial charge is 0.167 e. The largest absolute Gasteiger partial charge is 0.347 e. The van der Waals surface area contributed by atoms with Gasteiger partial charge in [-0.3, -0.25) is 0 Å². The number of hydrogen-bond acceptors (Lipinski definition) is 2. The fraction of sp³-hybridized carbons (Fsp3) is 0.444. The quantitative estimate of drug-likeness (QED) is 0.765. The Kier molecular flexibility index (Phi) is 4.04. The van der Waals surface area contributed by atoms with Crippen molar-refractivity contribution in [2.45, 2.75) is 38.6 Å². The van der Waals surface area contributed by atoms with Crippen molar-refractivity contribution < 1.29 is 9.47 Å². The summed E-state index contributed by atoms with van der Waals surface area (Å²) in [7, 11) is 0. The minimum Gasteiger partial charge on any atom is -0.347 e. The predicted octanol–water partition coefficient (Wildman–Crippen LogP) is 4.23. The van der Waals surface area contributed by atoms with Crippen LogP contribution in [0, 0.1) is 5.41 Å². The van der Waals surface area contributed by atoms with Crippen LogP contribution in [0.3, 0.4) is 0 Å². The van der Waals surface area contributed by atoms with E-state index in [1.165, 1.54) is 24.0 Å². The third-order valence-electron chi connectivity index (χ3n) is 4.19. The monoisotopic (exact) mass is 270 g/mol. The minimum atomic E-state index is -0.148. The van der Waals surface area contributed by atoms with Gasteiger partial charge in [0.25, 0.3) is 0 Å². The molecule has 1 heterocycles. The van der Waals surface area contributed by atoms with E-state index in [2.05, 4.69) is 30.9 Å². The lowest BCUT2D eigenvalue weighted by Crippen LogP contribution is -2.43. The van der Waals surface area contributed by atoms with Crippen LogP contribution in [0.1, 0.15) is 31.2 Å². The van der Waals surface area contributed by atoms with Gasteiger partial charge in [0.1, 0.15) is 0 Å². The molecule has 1 fully saturated rings. The summed E-state index contributed by atoms with van der Waals surface area (Å²) in [6.07, 6.45) is 8.91. The predicted molar refractivity (Wildman–Crippen MR) is 80.2 cm³/mol. The van der Waals surface area contributed by atoms with E-state index in [-0.39, 0.29) is 11.7 Å². The Morgan fingerprint density at radius 3 is 2.90 bits per heavy atom. The lowest BCUT2D eigenvalue weighted by molar-refractivity contribution is -0.213. The highest BCUT2D eigenvalue weighted by atomic mass is 16.7. The van der Waals surface area contributed by atoms with Gasteiger partial charge in [0.05, 0.1) is 13.2 Å². The zero-order valence-electron chi connectivity index (χ0n) is 11.9. The van der Waals surface area contributed by atoms with E-state index in [9.17, 15) is 0 Å². The molecule has 0 saturated carbocycles. The lowest BCUT2D eigenvalue weighted by atomic mass is 9.72. The van der Waals surface area contributed by atoms with Crippen molar-refractivity contribution >= 4 is 0 Å². The zero-order valence-corrected chi connectivity index (χ0v) is 11.9. The molecule has 2 atom stereocenters. The number of ether oxygens (including phenoxy) is 2. The van der Waals surface area contributed by atoms with Crippen LogP contribution < -0.4 is 0 Å². The van der Waals surface area contributed by atoms with Crippen LogP contribution in [0.2, 0.25) is 0 Å². The Bertz CT molecular complexity index is 491. The molecule has 1 aromatic carbocycles. The molecule has 0 radical (unpaired) electrons. The van der Waals surface area contributed by atoms with Crippen LogP contribution in [0.5, 0.6) is 0 Å². The molecule has 2 nitrogen and oxygen atoms in total. The standard InChI is InChI=1S/C18H22O2/c1-15-12-18(10-6-3-7-11-18)17(19-13-15)20-14-16-8-4-2-5-9-16/h2,4-6,8-10,17H,1,3,7,11-14H2. The van der Waals surface area contributed by atoms with Gasteiger partial charge >= 0.3 is 0 Å². The molecule has 0 aromatic heterocycles. The fourth-order valence-corrected chi connectivity index (χ4v) is 3.21. The van der Waals surface area contributed by atoms with Crippen molar-refractivity contribution in [2.24, 2.45) is 5.41 Å². The number of benzene rings is 1. The van der Waals surface area contributed by atoms with Crippen molar-refractivity contribution in [3.63, 3.8) is 0 Å². The van der Waals surface area contributed by atoms with Crippen LogP contribution in [0.15, 0.2) is 54.6 Å². The molecule has 0 N–H and O–H groups in total. The first-order chi connectivity index (χ1) is 9.78. The van der Waals surface area contributed by atoms with Crippen LogP contribution in [-0.4, -0.2) is 12.9 Å². The average molecular weight is 270 g/mol. The van der Waals surface area contributed by atoms with Gasteiger partial charge in [0.15, 0.2) is 6.29 Å². The third-order valence-corrected chi connectivity index (χ3v) is 4.19. The van der Waals surface area contributed by atoms with Crippen molar-refractivity contribution in [1.29, 1.82) is 0 Å². The normalized spacial score (nSPS) is 29.8. The van der Waals surface area contributed by atoms with Gasteiger partial charge in [0, 0.05) is 5.41 Å². The average Bonchev–Trinajstić information content (AvgIpc) is 2.48. The van der Waals surface area contributed by atoms with Crippen LogP contribution >= 0.6 is 0 Å². The molecule has 1 aliphatic carbocycles. The molecule has 3 rings (SSSR count). The van der Waals surface area contributed by atoms with Crippen molar-refractivity contribution in [1.82, 2.24) is 0 Å². The van der Waals surface area contributed by atoms with Gasteiger partial charge in [-0.2, -0.15) is 0 Å². The molecule has 2 heteroatoms. The van der Waals surface area contributed by atoms with Gasteiger partial charge in [0.2, 0.25) is 0 Å². The highest BCUT2D eigenvalue weighted by Crippen LogP contribution is 2.44. The minimum absolute atomic E-state index is 0.00234. The maximum atomic E-state index is 6.10. The molecule has 0 bridgehead atoms. The summed E-state index contributed by atoms with van der Waals surface area (Å²) in [5.41, 5.74) is 2.37. The summed E-state index contributed by atoms with van der Waals surface area (Å²) in [6, 6.07) is 10.3. The molecule has 1 aromatic rings. The number of rotatable bonds is 3. The molecule has 2 aliphatic rings. The summed E-state index contributed by atoms with van der Waals surface area (Å²) >= 11 is 0. The topological polar surface area (TPSA) is 18.5 Å². The Hall–Kier alpha value is -1.38. The first kappa shape index (κ1) is 13.6. The Labute approximate surface area is 121 Å². The van der Waals surface area contributed by atoms with E-state index in [1.807, 2.05) is 18.2 Å². The van der Waals surface area contributed by atoms with Gasteiger partial charge in [-0.15, -0.1) is 0 Å². The highest BCUT2D eigenvalue weighted by molar-refractivity contribution is 5.16. The van der Waals surface area contributed by atoms with Gasteiger partial charge < -0.3 is 9.47 Å². The van der Waals surface area contributed by atoms with Crippen molar-refractivity contribution in [3.05, 3.63) is 60.2 Å². The van der Waals surface area contributed by atoms with Gasteiger partial charge in [-0.1, -0.05) is 54.6 Å². The summed E-state index contributed by atoms with van der Waals surface area (Å²) < 4.78 is 12.0. The van der Waals surface area contributed by atoms with Crippen molar-refractivity contribution in [3.8, 4) is 0 Å². The maximum absolute atomic E-state index is 6.10.